The third-order valence-electron chi connectivity index (χ3n) is 2.95. The number of benzene rings is 2. The average molecular weight is 260 g/mol. The Kier molecular flexibility index (Phi) is 3.51. The second-order valence-corrected chi connectivity index (χ2v) is 4.22. The summed E-state index contributed by atoms with van der Waals surface area (Å²) in [5, 5.41) is 20.3. The van der Waals surface area contributed by atoms with Gasteiger partial charge in [-0.25, -0.2) is 0 Å². The van der Waals surface area contributed by atoms with Crippen LogP contribution in [0.15, 0.2) is 30.3 Å². The highest BCUT2D eigenvalue weighted by Gasteiger charge is 2.16. The monoisotopic (exact) mass is 260 g/mol. The van der Waals surface area contributed by atoms with Crippen LogP contribution in [0.4, 0.5) is 0 Å². The Morgan fingerprint density at radius 2 is 1.47 bits per heavy atom. The summed E-state index contributed by atoms with van der Waals surface area (Å²) in [6.45, 7) is 1.89. The van der Waals surface area contributed by atoms with Gasteiger partial charge >= 0.3 is 0 Å². The number of para-hydroxylation sites is 1. The quantitative estimate of drug-likeness (QED) is 0.890. The molecule has 0 saturated heterocycles. The molecular weight excluding hydrogens is 244 g/mol. The minimum atomic E-state index is -0.00652. The summed E-state index contributed by atoms with van der Waals surface area (Å²) in [6.07, 6.45) is 0. The van der Waals surface area contributed by atoms with Gasteiger partial charge in [-0.05, 0) is 30.7 Å². The minimum Gasteiger partial charge on any atom is -0.504 e. The lowest BCUT2D eigenvalue weighted by Crippen LogP contribution is -1.90. The maximum Gasteiger partial charge on any atom is 0.165 e. The average Bonchev–Trinajstić information content (AvgIpc) is 2.41. The van der Waals surface area contributed by atoms with Crippen molar-refractivity contribution in [3.8, 4) is 34.1 Å². The van der Waals surface area contributed by atoms with Gasteiger partial charge in [0.15, 0.2) is 23.0 Å². The van der Waals surface area contributed by atoms with Crippen LogP contribution >= 0.6 is 0 Å². The summed E-state index contributed by atoms with van der Waals surface area (Å²) < 4.78 is 10.2. The molecule has 0 fully saturated rings. The first-order chi connectivity index (χ1) is 9.08. The predicted octanol–water partition coefficient (Wildman–Crippen LogP) is 3.09. The van der Waals surface area contributed by atoms with Crippen LogP contribution in [-0.2, 0) is 0 Å². The fourth-order valence-electron chi connectivity index (χ4n) is 2.01. The zero-order valence-electron chi connectivity index (χ0n) is 11.1. The maximum absolute atomic E-state index is 10.2. The standard InChI is InChI=1S/C15H16O4/c1-9-7-11(15(17)13(8-9)19-3)10-5-4-6-12(18-2)14(10)16/h4-8,16-17H,1-3H3. The van der Waals surface area contributed by atoms with E-state index in [1.807, 2.05) is 6.92 Å². The van der Waals surface area contributed by atoms with E-state index in [9.17, 15) is 10.2 Å². The van der Waals surface area contributed by atoms with Gasteiger partial charge in [-0.2, -0.15) is 0 Å². The first-order valence-electron chi connectivity index (χ1n) is 5.82. The Labute approximate surface area is 111 Å². The van der Waals surface area contributed by atoms with Crippen LogP contribution in [0.2, 0.25) is 0 Å². The third-order valence-corrected chi connectivity index (χ3v) is 2.95. The van der Waals surface area contributed by atoms with E-state index >= 15 is 0 Å². The van der Waals surface area contributed by atoms with Gasteiger partial charge in [0, 0.05) is 11.1 Å². The molecule has 0 bridgehead atoms. The molecule has 0 radical (unpaired) electrons. The highest BCUT2D eigenvalue weighted by Crippen LogP contribution is 2.44. The molecule has 0 saturated carbocycles. The number of hydrogen-bond acceptors (Lipinski definition) is 4. The fourth-order valence-corrected chi connectivity index (χ4v) is 2.01. The molecule has 2 aromatic rings. The molecule has 0 unspecified atom stereocenters. The highest BCUT2D eigenvalue weighted by atomic mass is 16.5. The molecule has 4 heteroatoms. The first kappa shape index (κ1) is 13.1. The summed E-state index contributed by atoms with van der Waals surface area (Å²) in [4.78, 5) is 0. The molecule has 19 heavy (non-hydrogen) atoms. The second-order valence-electron chi connectivity index (χ2n) is 4.22. The van der Waals surface area contributed by atoms with Crippen molar-refractivity contribution in [2.45, 2.75) is 6.92 Å². The molecule has 100 valence electrons. The third kappa shape index (κ3) is 2.29. The summed E-state index contributed by atoms with van der Waals surface area (Å²) >= 11 is 0. The van der Waals surface area contributed by atoms with E-state index < -0.39 is 0 Å². The highest BCUT2D eigenvalue weighted by molar-refractivity contribution is 5.80. The molecule has 2 aromatic carbocycles. The summed E-state index contributed by atoms with van der Waals surface area (Å²) in [5.41, 5.74) is 1.93. The number of aryl methyl sites for hydroxylation is 1. The number of hydrogen-bond donors (Lipinski definition) is 2. The van der Waals surface area contributed by atoms with Gasteiger partial charge in [0.1, 0.15) is 0 Å². The van der Waals surface area contributed by atoms with Gasteiger partial charge in [-0.15, -0.1) is 0 Å². The van der Waals surface area contributed by atoms with E-state index in [0.717, 1.165) is 5.56 Å². The SMILES string of the molecule is COc1cccc(-c2cc(C)cc(OC)c2O)c1O. The molecule has 0 heterocycles. The first-order valence-corrected chi connectivity index (χ1v) is 5.82. The largest absolute Gasteiger partial charge is 0.504 e. The van der Waals surface area contributed by atoms with Crippen molar-refractivity contribution in [3.63, 3.8) is 0 Å². The van der Waals surface area contributed by atoms with Crippen LogP contribution in [-0.4, -0.2) is 24.4 Å². The van der Waals surface area contributed by atoms with Crippen molar-refractivity contribution in [2.24, 2.45) is 0 Å². The molecule has 0 atom stereocenters. The van der Waals surface area contributed by atoms with Gasteiger partial charge in [0.2, 0.25) is 0 Å². The van der Waals surface area contributed by atoms with Crippen molar-refractivity contribution >= 4 is 0 Å². The van der Waals surface area contributed by atoms with Crippen molar-refractivity contribution in [3.05, 3.63) is 35.9 Å². The maximum atomic E-state index is 10.2. The number of phenols is 2. The zero-order valence-corrected chi connectivity index (χ0v) is 11.1. The molecule has 0 amide bonds. The Morgan fingerprint density at radius 3 is 2.11 bits per heavy atom. The van der Waals surface area contributed by atoms with E-state index in [1.165, 1.54) is 14.2 Å². The summed E-state index contributed by atoms with van der Waals surface area (Å²) in [6, 6.07) is 8.64. The molecule has 0 aliphatic rings. The Morgan fingerprint density at radius 1 is 0.842 bits per heavy atom. The van der Waals surface area contributed by atoms with Crippen LogP contribution in [0.5, 0.6) is 23.0 Å². The summed E-state index contributed by atoms with van der Waals surface area (Å²) in [7, 11) is 2.97. The Bertz CT molecular complexity index is 605. The fraction of sp³-hybridized carbons (Fsp3) is 0.200. The van der Waals surface area contributed by atoms with Crippen molar-refractivity contribution in [1.82, 2.24) is 0 Å². The van der Waals surface area contributed by atoms with E-state index in [4.69, 9.17) is 9.47 Å². The molecule has 0 aliphatic carbocycles. The van der Waals surface area contributed by atoms with Gasteiger partial charge in [0.25, 0.3) is 0 Å². The van der Waals surface area contributed by atoms with Gasteiger partial charge in [0.05, 0.1) is 14.2 Å². The number of ether oxygens (including phenoxy) is 2. The van der Waals surface area contributed by atoms with E-state index in [2.05, 4.69) is 0 Å². The number of rotatable bonds is 3. The molecular formula is C15H16O4. The predicted molar refractivity (Wildman–Crippen MR) is 73.0 cm³/mol. The zero-order chi connectivity index (χ0) is 14.0. The van der Waals surface area contributed by atoms with Crippen molar-refractivity contribution < 1.29 is 19.7 Å². The number of aromatic hydroxyl groups is 2. The number of methoxy groups -OCH3 is 2. The second kappa shape index (κ2) is 5.10. The normalized spacial score (nSPS) is 10.3. The molecule has 2 rings (SSSR count). The Balaban J connectivity index is 2.68. The lowest BCUT2D eigenvalue weighted by Gasteiger charge is -2.13. The molecule has 2 N–H and O–H groups in total. The van der Waals surface area contributed by atoms with Crippen molar-refractivity contribution in [2.75, 3.05) is 14.2 Å². The van der Waals surface area contributed by atoms with E-state index in [1.54, 1.807) is 30.3 Å². The molecule has 0 aliphatic heterocycles. The lowest BCUT2D eigenvalue weighted by atomic mass is 10.0. The van der Waals surface area contributed by atoms with Crippen LogP contribution in [0, 0.1) is 6.92 Å². The van der Waals surface area contributed by atoms with Crippen LogP contribution in [0.3, 0.4) is 0 Å². The number of phenolic OH excluding ortho intramolecular Hbond substituents is 2. The topological polar surface area (TPSA) is 58.9 Å². The molecule has 0 spiro atoms. The van der Waals surface area contributed by atoms with Crippen LogP contribution in [0.1, 0.15) is 5.56 Å². The Hall–Kier alpha value is -2.36. The smallest absolute Gasteiger partial charge is 0.165 e. The van der Waals surface area contributed by atoms with Gasteiger partial charge < -0.3 is 19.7 Å². The summed E-state index contributed by atoms with van der Waals surface area (Å²) in [5.74, 6) is 0.721. The molecule has 0 aromatic heterocycles. The van der Waals surface area contributed by atoms with Gasteiger partial charge in [-0.3, -0.25) is 0 Å². The van der Waals surface area contributed by atoms with E-state index in [-0.39, 0.29) is 11.5 Å². The lowest BCUT2D eigenvalue weighted by molar-refractivity contribution is 0.370. The van der Waals surface area contributed by atoms with Crippen LogP contribution < -0.4 is 9.47 Å². The minimum absolute atomic E-state index is 0.00310. The van der Waals surface area contributed by atoms with Crippen LogP contribution in [0.25, 0.3) is 11.1 Å². The van der Waals surface area contributed by atoms with Gasteiger partial charge in [-0.1, -0.05) is 12.1 Å². The molecule has 4 nitrogen and oxygen atoms in total. The van der Waals surface area contributed by atoms with E-state index in [0.29, 0.717) is 22.6 Å². The van der Waals surface area contributed by atoms with Crippen molar-refractivity contribution in [1.29, 1.82) is 0 Å².